The molecule has 1 fully saturated rings. The van der Waals surface area contributed by atoms with E-state index < -0.39 is 5.60 Å². The number of aliphatic hydroxyl groups excluding tert-OH is 1. The number of epoxide rings is 1. The highest BCUT2D eigenvalue weighted by molar-refractivity contribution is 5.39. The molecule has 0 saturated carbocycles. The topological polar surface area (TPSA) is 32.8 Å². The fourth-order valence-electron chi connectivity index (χ4n) is 2.53. The maximum atomic E-state index is 13.0. The van der Waals surface area contributed by atoms with Crippen molar-refractivity contribution in [2.75, 3.05) is 6.61 Å². The van der Waals surface area contributed by atoms with Crippen LogP contribution in [0.5, 0.6) is 0 Å². The van der Waals surface area contributed by atoms with Gasteiger partial charge < -0.3 is 9.84 Å². The Bertz CT molecular complexity index is 594. The Morgan fingerprint density at radius 1 is 1.16 bits per heavy atom. The molecular weight excluding hydrogens is 243 g/mol. The van der Waals surface area contributed by atoms with Gasteiger partial charge >= 0.3 is 0 Å². The molecule has 2 aromatic rings. The van der Waals surface area contributed by atoms with E-state index in [9.17, 15) is 9.50 Å². The second kappa shape index (κ2) is 4.44. The monoisotopic (exact) mass is 258 g/mol. The van der Waals surface area contributed by atoms with Crippen LogP contribution < -0.4 is 0 Å². The van der Waals surface area contributed by atoms with Gasteiger partial charge in [-0.05, 0) is 35.7 Å². The Balaban J connectivity index is 1.96. The zero-order chi connectivity index (χ0) is 13.5. The van der Waals surface area contributed by atoms with Crippen molar-refractivity contribution >= 4 is 0 Å². The minimum atomic E-state index is -0.722. The van der Waals surface area contributed by atoms with Crippen LogP contribution in [0.25, 0.3) is 0 Å². The molecule has 0 aliphatic carbocycles. The van der Waals surface area contributed by atoms with E-state index in [2.05, 4.69) is 0 Å². The molecule has 1 aliphatic heterocycles. The molecule has 0 spiro atoms. The summed E-state index contributed by atoms with van der Waals surface area (Å²) in [6, 6.07) is 14.1. The second-order valence-corrected chi connectivity index (χ2v) is 4.91. The molecule has 1 saturated heterocycles. The van der Waals surface area contributed by atoms with E-state index >= 15 is 0 Å². The minimum absolute atomic E-state index is 0.113. The summed E-state index contributed by atoms with van der Waals surface area (Å²) in [5, 5.41) is 9.68. The molecule has 0 bridgehead atoms. The van der Waals surface area contributed by atoms with Crippen LogP contribution in [0, 0.1) is 12.7 Å². The Kier molecular flexibility index (Phi) is 2.88. The summed E-state index contributed by atoms with van der Waals surface area (Å²) in [6.07, 6.45) is -0.163. The molecule has 3 heteroatoms. The van der Waals surface area contributed by atoms with E-state index in [0.717, 1.165) is 16.7 Å². The molecule has 0 aromatic heterocycles. The van der Waals surface area contributed by atoms with E-state index in [0.29, 0.717) is 0 Å². The molecule has 19 heavy (non-hydrogen) atoms. The first-order valence-corrected chi connectivity index (χ1v) is 6.27. The number of ether oxygens (including phenoxy) is 1. The van der Waals surface area contributed by atoms with Gasteiger partial charge in [0.1, 0.15) is 17.5 Å². The number of halogens is 1. The molecule has 0 radical (unpaired) electrons. The van der Waals surface area contributed by atoms with Crippen molar-refractivity contribution in [3.05, 3.63) is 71.0 Å². The summed E-state index contributed by atoms with van der Waals surface area (Å²) < 4.78 is 18.8. The van der Waals surface area contributed by atoms with Crippen LogP contribution in [0.15, 0.2) is 48.5 Å². The van der Waals surface area contributed by atoms with Crippen molar-refractivity contribution in [1.29, 1.82) is 0 Å². The van der Waals surface area contributed by atoms with E-state index in [1.54, 1.807) is 12.1 Å². The third-order valence-electron chi connectivity index (χ3n) is 3.73. The van der Waals surface area contributed by atoms with Gasteiger partial charge in [0, 0.05) is 0 Å². The zero-order valence-electron chi connectivity index (χ0n) is 10.6. The lowest BCUT2D eigenvalue weighted by Gasteiger charge is -2.11. The van der Waals surface area contributed by atoms with Gasteiger partial charge in [-0.2, -0.15) is 0 Å². The Morgan fingerprint density at radius 2 is 1.84 bits per heavy atom. The lowest BCUT2D eigenvalue weighted by molar-refractivity contribution is 0.172. The molecular formula is C16H15FO2. The van der Waals surface area contributed by atoms with Crippen molar-refractivity contribution in [2.45, 2.75) is 18.6 Å². The second-order valence-electron chi connectivity index (χ2n) is 4.91. The summed E-state index contributed by atoms with van der Waals surface area (Å²) in [6.45, 7) is 1.90. The van der Waals surface area contributed by atoms with Crippen molar-refractivity contribution in [2.24, 2.45) is 0 Å². The van der Waals surface area contributed by atoms with Crippen molar-refractivity contribution in [3.63, 3.8) is 0 Å². The van der Waals surface area contributed by atoms with Gasteiger partial charge in [0.15, 0.2) is 0 Å². The van der Waals surface area contributed by atoms with Gasteiger partial charge in [-0.15, -0.1) is 0 Å². The van der Waals surface area contributed by atoms with Crippen LogP contribution in [0.2, 0.25) is 0 Å². The van der Waals surface area contributed by atoms with E-state index in [4.69, 9.17) is 4.74 Å². The Morgan fingerprint density at radius 3 is 2.47 bits per heavy atom. The maximum Gasteiger partial charge on any atom is 0.147 e. The quantitative estimate of drug-likeness (QED) is 0.858. The molecule has 3 rings (SSSR count). The highest BCUT2D eigenvalue weighted by atomic mass is 19.1. The average Bonchev–Trinajstić information content (AvgIpc) is 3.16. The van der Waals surface area contributed by atoms with Crippen LogP contribution >= 0.6 is 0 Å². The lowest BCUT2D eigenvalue weighted by Crippen LogP contribution is -2.15. The standard InChI is InChI=1S/C16H15FO2/c1-11-4-2-3-5-14(11)15-16(10-18,19-15)12-6-8-13(17)9-7-12/h2-9,15,18H,10H2,1H3/t15-,16-/m0/s1. The number of aryl methyl sites for hydroxylation is 1. The predicted molar refractivity (Wildman–Crippen MR) is 70.2 cm³/mol. The van der Waals surface area contributed by atoms with Crippen LogP contribution in [0.1, 0.15) is 22.8 Å². The average molecular weight is 258 g/mol. The van der Waals surface area contributed by atoms with Crippen LogP contribution in [0.4, 0.5) is 4.39 Å². The highest BCUT2D eigenvalue weighted by Crippen LogP contribution is 2.57. The first-order chi connectivity index (χ1) is 9.17. The third-order valence-corrected chi connectivity index (χ3v) is 3.73. The first-order valence-electron chi connectivity index (χ1n) is 6.27. The molecule has 0 unspecified atom stereocenters. The Hall–Kier alpha value is -1.71. The Labute approximate surface area is 111 Å². The van der Waals surface area contributed by atoms with Crippen LogP contribution in [-0.2, 0) is 10.3 Å². The smallest absolute Gasteiger partial charge is 0.147 e. The zero-order valence-corrected chi connectivity index (χ0v) is 10.6. The maximum absolute atomic E-state index is 13.0. The number of hydrogen-bond donors (Lipinski definition) is 1. The van der Waals surface area contributed by atoms with Gasteiger partial charge in [0.2, 0.25) is 0 Å². The van der Waals surface area contributed by atoms with Crippen molar-refractivity contribution in [3.8, 4) is 0 Å². The molecule has 0 amide bonds. The molecule has 98 valence electrons. The van der Waals surface area contributed by atoms with Gasteiger partial charge in [0.05, 0.1) is 6.61 Å². The summed E-state index contributed by atoms with van der Waals surface area (Å²) >= 11 is 0. The largest absolute Gasteiger partial charge is 0.393 e. The molecule has 1 aliphatic rings. The molecule has 2 atom stereocenters. The molecule has 1 heterocycles. The molecule has 2 aromatic carbocycles. The van der Waals surface area contributed by atoms with Crippen LogP contribution in [-0.4, -0.2) is 11.7 Å². The van der Waals surface area contributed by atoms with Crippen molar-refractivity contribution in [1.82, 2.24) is 0 Å². The minimum Gasteiger partial charge on any atom is -0.393 e. The normalized spacial score (nSPS) is 25.3. The van der Waals surface area contributed by atoms with E-state index in [1.807, 2.05) is 31.2 Å². The molecule has 2 nitrogen and oxygen atoms in total. The highest BCUT2D eigenvalue weighted by Gasteiger charge is 2.58. The van der Waals surface area contributed by atoms with Gasteiger partial charge in [0.25, 0.3) is 0 Å². The van der Waals surface area contributed by atoms with Gasteiger partial charge in [-0.3, -0.25) is 0 Å². The number of hydrogen-bond acceptors (Lipinski definition) is 2. The summed E-state index contributed by atoms with van der Waals surface area (Å²) in [5.74, 6) is -0.287. The summed E-state index contributed by atoms with van der Waals surface area (Å²) in [5.41, 5.74) is 2.29. The predicted octanol–water partition coefficient (Wildman–Crippen LogP) is 3.09. The third kappa shape index (κ3) is 1.95. The van der Waals surface area contributed by atoms with E-state index in [-0.39, 0.29) is 18.5 Å². The first kappa shape index (κ1) is 12.3. The van der Waals surface area contributed by atoms with Crippen LogP contribution in [0.3, 0.4) is 0 Å². The summed E-state index contributed by atoms with van der Waals surface area (Å²) in [4.78, 5) is 0. The van der Waals surface area contributed by atoms with Gasteiger partial charge in [-0.1, -0.05) is 36.4 Å². The number of benzene rings is 2. The number of aliphatic hydroxyl groups is 1. The van der Waals surface area contributed by atoms with E-state index in [1.165, 1.54) is 12.1 Å². The molecule has 1 N–H and O–H groups in total. The fraction of sp³-hybridized carbons (Fsp3) is 0.250. The number of rotatable bonds is 3. The fourth-order valence-corrected chi connectivity index (χ4v) is 2.53. The van der Waals surface area contributed by atoms with Crippen molar-refractivity contribution < 1.29 is 14.2 Å². The summed E-state index contributed by atoms with van der Waals surface area (Å²) in [7, 11) is 0. The SMILES string of the molecule is Cc1ccccc1[C@@H]1O[C@@]1(CO)c1ccc(F)cc1. The van der Waals surface area contributed by atoms with Gasteiger partial charge in [-0.25, -0.2) is 4.39 Å². The lowest BCUT2D eigenvalue weighted by atomic mass is 9.91.